The number of carbonyl (C=O) groups excluding carboxylic acids is 1. The molecular weight excluding hydrogens is 326 g/mol. The fourth-order valence-corrected chi connectivity index (χ4v) is 3.40. The van der Waals surface area contributed by atoms with Gasteiger partial charge in [-0.2, -0.15) is 4.80 Å². The maximum atomic E-state index is 12.4. The molecule has 26 heavy (non-hydrogen) atoms. The molecule has 1 aliphatic rings. The zero-order chi connectivity index (χ0) is 17.9. The highest BCUT2D eigenvalue weighted by Gasteiger charge is 2.21. The van der Waals surface area contributed by atoms with Crippen molar-refractivity contribution in [2.45, 2.75) is 38.8 Å². The van der Waals surface area contributed by atoms with Crippen LogP contribution in [0.3, 0.4) is 0 Å². The highest BCUT2D eigenvalue weighted by atomic mass is 16.2. The lowest BCUT2D eigenvalue weighted by Crippen LogP contribution is -2.34. The Morgan fingerprint density at radius 1 is 1.19 bits per heavy atom. The smallest absolute Gasteiger partial charge is 0.244 e. The van der Waals surface area contributed by atoms with Gasteiger partial charge in [-0.25, -0.2) is 0 Å². The second kappa shape index (κ2) is 7.07. The third-order valence-corrected chi connectivity index (χ3v) is 4.75. The van der Waals surface area contributed by atoms with Gasteiger partial charge in [-0.3, -0.25) is 4.79 Å². The topological polar surface area (TPSA) is 72.7 Å². The van der Waals surface area contributed by atoms with E-state index >= 15 is 0 Å². The predicted octanol–water partition coefficient (Wildman–Crippen LogP) is 2.84. The van der Waals surface area contributed by atoms with Crippen molar-refractivity contribution in [3.05, 3.63) is 65.2 Å². The third kappa shape index (κ3) is 3.49. The molecule has 1 aliphatic carbocycles. The summed E-state index contributed by atoms with van der Waals surface area (Å²) in [5.41, 5.74) is 4.61. The SMILES string of the molecule is Cc1ccc(-c2nnn(CC(=O)N[C@H]3CCCc4ccccc43)n2)cc1. The van der Waals surface area contributed by atoms with Crippen LogP contribution in [0.25, 0.3) is 11.4 Å². The normalized spacial score (nSPS) is 16.1. The van der Waals surface area contributed by atoms with E-state index < -0.39 is 0 Å². The number of tetrazole rings is 1. The molecule has 0 bridgehead atoms. The van der Waals surface area contributed by atoms with Crippen LogP contribution in [0.1, 0.15) is 35.6 Å². The Bertz CT molecular complexity index is 916. The summed E-state index contributed by atoms with van der Waals surface area (Å²) in [6.07, 6.45) is 3.12. The van der Waals surface area contributed by atoms with Gasteiger partial charge in [0.25, 0.3) is 0 Å². The van der Waals surface area contributed by atoms with Crippen molar-refractivity contribution < 1.29 is 4.79 Å². The van der Waals surface area contributed by atoms with Crippen molar-refractivity contribution in [2.24, 2.45) is 0 Å². The summed E-state index contributed by atoms with van der Waals surface area (Å²) < 4.78 is 0. The summed E-state index contributed by atoms with van der Waals surface area (Å²) in [6.45, 7) is 2.10. The van der Waals surface area contributed by atoms with Gasteiger partial charge in [-0.1, -0.05) is 54.1 Å². The van der Waals surface area contributed by atoms with Crippen LogP contribution in [0.2, 0.25) is 0 Å². The summed E-state index contributed by atoms with van der Waals surface area (Å²) in [5, 5.41) is 15.5. The molecule has 1 N–H and O–H groups in total. The van der Waals surface area contributed by atoms with Crippen molar-refractivity contribution in [2.75, 3.05) is 0 Å². The van der Waals surface area contributed by atoms with Gasteiger partial charge < -0.3 is 5.32 Å². The first-order valence-electron chi connectivity index (χ1n) is 8.91. The van der Waals surface area contributed by atoms with E-state index in [0.29, 0.717) is 5.82 Å². The van der Waals surface area contributed by atoms with Crippen molar-refractivity contribution >= 4 is 5.91 Å². The van der Waals surface area contributed by atoms with E-state index in [9.17, 15) is 4.79 Å². The van der Waals surface area contributed by atoms with Gasteiger partial charge in [0, 0.05) is 5.56 Å². The number of carbonyl (C=O) groups is 1. The first-order valence-corrected chi connectivity index (χ1v) is 8.91. The van der Waals surface area contributed by atoms with Gasteiger partial charge in [0.1, 0.15) is 6.54 Å². The number of fused-ring (bicyclic) bond motifs is 1. The molecule has 0 unspecified atom stereocenters. The lowest BCUT2D eigenvalue weighted by Gasteiger charge is -2.26. The maximum Gasteiger partial charge on any atom is 0.244 e. The minimum atomic E-state index is -0.0976. The number of benzene rings is 2. The van der Waals surface area contributed by atoms with E-state index in [1.54, 1.807) is 0 Å². The Kier molecular flexibility index (Phi) is 4.48. The van der Waals surface area contributed by atoms with Crippen LogP contribution in [0, 0.1) is 6.92 Å². The summed E-state index contributed by atoms with van der Waals surface area (Å²) in [4.78, 5) is 13.8. The van der Waals surface area contributed by atoms with Crippen LogP contribution >= 0.6 is 0 Å². The van der Waals surface area contributed by atoms with Crippen LogP contribution in [0.4, 0.5) is 0 Å². The number of aromatic nitrogens is 4. The Morgan fingerprint density at radius 2 is 2.00 bits per heavy atom. The number of rotatable bonds is 4. The minimum Gasteiger partial charge on any atom is -0.348 e. The van der Waals surface area contributed by atoms with E-state index in [4.69, 9.17) is 0 Å². The Labute approximate surface area is 152 Å². The summed E-state index contributed by atoms with van der Waals surface area (Å²) in [5.74, 6) is 0.431. The number of amides is 1. The third-order valence-electron chi connectivity index (χ3n) is 4.75. The zero-order valence-electron chi connectivity index (χ0n) is 14.7. The van der Waals surface area contributed by atoms with Gasteiger partial charge in [0.15, 0.2) is 0 Å². The van der Waals surface area contributed by atoms with Crippen LogP contribution in [0.15, 0.2) is 48.5 Å². The van der Waals surface area contributed by atoms with Gasteiger partial charge in [-0.15, -0.1) is 10.2 Å². The predicted molar refractivity (Wildman–Crippen MR) is 98.3 cm³/mol. The summed E-state index contributed by atoms with van der Waals surface area (Å²) in [6, 6.07) is 16.3. The first-order chi connectivity index (χ1) is 12.7. The van der Waals surface area contributed by atoms with Crippen molar-refractivity contribution in [3.8, 4) is 11.4 Å². The molecule has 6 heteroatoms. The van der Waals surface area contributed by atoms with Crippen LogP contribution in [0.5, 0.6) is 0 Å². The molecule has 0 fully saturated rings. The minimum absolute atomic E-state index is 0.0625. The number of hydrogen-bond donors (Lipinski definition) is 1. The Balaban J connectivity index is 1.42. The average molecular weight is 347 g/mol. The summed E-state index contributed by atoms with van der Waals surface area (Å²) in [7, 11) is 0. The van der Waals surface area contributed by atoms with E-state index in [1.807, 2.05) is 37.3 Å². The van der Waals surface area contributed by atoms with Gasteiger partial charge in [0.05, 0.1) is 6.04 Å². The van der Waals surface area contributed by atoms with Gasteiger partial charge in [-0.05, 0) is 42.5 Å². The highest BCUT2D eigenvalue weighted by Crippen LogP contribution is 2.29. The standard InChI is InChI=1S/C20H21N5O/c1-14-9-11-16(12-10-14)20-22-24-25(23-20)13-19(26)21-18-8-4-6-15-5-2-3-7-17(15)18/h2-3,5,7,9-12,18H,4,6,8,13H2,1H3,(H,21,26)/t18-/m0/s1. The molecule has 0 saturated heterocycles. The molecule has 1 heterocycles. The maximum absolute atomic E-state index is 12.4. The molecule has 132 valence electrons. The van der Waals surface area contributed by atoms with E-state index in [2.05, 4.69) is 38.9 Å². The molecule has 1 aromatic heterocycles. The fourth-order valence-electron chi connectivity index (χ4n) is 3.40. The van der Waals surface area contributed by atoms with Gasteiger partial charge >= 0.3 is 0 Å². The highest BCUT2D eigenvalue weighted by molar-refractivity contribution is 5.76. The van der Waals surface area contributed by atoms with Gasteiger partial charge in [0.2, 0.25) is 11.7 Å². The molecule has 1 amide bonds. The largest absolute Gasteiger partial charge is 0.348 e. The molecule has 3 aromatic rings. The molecule has 1 atom stereocenters. The van der Waals surface area contributed by atoms with Crippen LogP contribution < -0.4 is 5.32 Å². The number of nitrogens with one attached hydrogen (secondary N) is 1. The van der Waals surface area contributed by atoms with Crippen molar-refractivity contribution in [1.29, 1.82) is 0 Å². The van der Waals surface area contributed by atoms with Crippen LogP contribution in [-0.4, -0.2) is 26.1 Å². The molecule has 0 aliphatic heterocycles. The average Bonchev–Trinajstić information content (AvgIpc) is 3.11. The molecule has 0 spiro atoms. The second-order valence-electron chi connectivity index (χ2n) is 6.72. The van der Waals surface area contributed by atoms with E-state index in [-0.39, 0.29) is 18.5 Å². The number of aryl methyl sites for hydroxylation is 2. The summed E-state index contributed by atoms with van der Waals surface area (Å²) >= 11 is 0. The number of nitrogens with zero attached hydrogens (tertiary/aromatic N) is 4. The zero-order valence-corrected chi connectivity index (χ0v) is 14.7. The molecule has 6 nitrogen and oxygen atoms in total. The quantitative estimate of drug-likeness (QED) is 0.788. The van der Waals surface area contributed by atoms with E-state index in [0.717, 1.165) is 24.8 Å². The van der Waals surface area contributed by atoms with Crippen LogP contribution in [-0.2, 0) is 17.8 Å². The Hall–Kier alpha value is -3.02. The fraction of sp³-hybridized carbons (Fsp3) is 0.300. The molecule has 0 radical (unpaired) electrons. The first kappa shape index (κ1) is 16.4. The molecular formula is C20H21N5O. The number of hydrogen-bond acceptors (Lipinski definition) is 4. The van der Waals surface area contributed by atoms with Crippen molar-refractivity contribution in [1.82, 2.24) is 25.5 Å². The molecule has 0 saturated carbocycles. The molecule has 2 aromatic carbocycles. The Morgan fingerprint density at radius 3 is 2.85 bits per heavy atom. The van der Waals surface area contributed by atoms with E-state index in [1.165, 1.54) is 21.5 Å². The lowest BCUT2D eigenvalue weighted by atomic mass is 9.88. The lowest BCUT2D eigenvalue weighted by molar-refractivity contribution is -0.122. The second-order valence-corrected chi connectivity index (χ2v) is 6.72. The monoisotopic (exact) mass is 347 g/mol. The molecule has 4 rings (SSSR count). The van der Waals surface area contributed by atoms with Crippen molar-refractivity contribution in [3.63, 3.8) is 0 Å².